The second kappa shape index (κ2) is 4.00. The molecule has 0 aliphatic heterocycles. The molecule has 13 heavy (non-hydrogen) atoms. The summed E-state index contributed by atoms with van der Waals surface area (Å²) in [7, 11) is 0. The summed E-state index contributed by atoms with van der Waals surface area (Å²) in [6.45, 7) is 1.79. The highest BCUT2D eigenvalue weighted by molar-refractivity contribution is 5.74. The van der Waals surface area contributed by atoms with Crippen LogP contribution in [0.15, 0.2) is 24.5 Å². The van der Waals surface area contributed by atoms with E-state index in [9.17, 15) is 4.79 Å². The smallest absolute Gasteiger partial charge is 0.321 e. The Balaban J connectivity index is 2.79. The lowest BCUT2D eigenvalue weighted by molar-refractivity contribution is -0.139. The number of nitrogens with zero attached hydrogens (tertiary/aromatic N) is 1. The van der Waals surface area contributed by atoms with Gasteiger partial charge in [-0.15, -0.1) is 0 Å². The Kier molecular flexibility index (Phi) is 2.97. The van der Waals surface area contributed by atoms with Crippen LogP contribution in [0, 0.1) is 0 Å². The summed E-state index contributed by atoms with van der Waals surface area (Å²) in [6.07, 6.45) is 3.25. The van der Waals surface area contributed by atoms with Crippen molar-refractivity contribution in [3.8, 4) is 0 Å². The number of rotatable bonds is 3. The Labute approximate surface area is 76.4 Å². The van der Waals surface area contributed by atoms with Crippen molar-refractivity contribution < 1.29 is 9.90 Å². The van der Waals surface area contributed by atoms with E-state index < -0.39 is 12.0 Å². The third kappa shape index (κ3) is 2.26. The van der Waals surface area contributed by atoms with Gasteiger partial charge in [0.1, 0.15) is 6.04 Å². The quantitative estimate of drug-likeness (QED) is 0.714. The molecule has 1 heterocycles. The molecule has 0 aliphatic carbocycles. The number of hydrogen-bond donors (Lipinski definition) is 2. The first-order chi connectivity index (χ1) is 6.13. The van der Waals surface area contributed by atoms with Gasteiger partial charge in [0, 0.05) is 18.3 Å². The van der Waals surface area contributed by atoms with Gasteiger partial charge in [0.15, 0.2) is 0 Å². The number of carboxylic acid groups (broad SMARTS) is 1. The fraction of sp³-hybridized carbons (Fsp3) is 0.333. The minimum absolute atomic E-state index is 0.194. The van der Waals surface area contributed by atoms with Gasteiger partial charge in [-0.3, -0.25) is 9.78 Å². The Bertz CT molecular complexity index is 287. The summed E-state index contributed by atoms with van der Waals surface area (Å²) in [5, 5.41) is 8.67. The monoisotopic (exact) mass is 180 g/mol. The standard InChI is InChI=1S/C9H12N2O2/c1-6(8(10)9(12)13)7-2-4-11-5-3-7/h2-6,8H,10H2,1H3,(H,12,13)/t6-,8-/m0/s1. The predicted octanol–water partition coefficient (Wildman–Crippen LogP) is 0.597. The molecule has 0 saturated carbocycles. The van der Waals surface area contributed by atoms with Crippen LogP contribution in [-0.4, -0.2) is 22.1 Å². The lowest BCUT2D eigenvalue weighted by Crippen LogP contribution is -2.35. The molecule has 0 saturated heterocycles. The molecule has 4 nitrogen and oxygen atoms in total. The Morgan fingerprint density at radius 3 is 2.54 bits per heavy atom. The molecular formula is C9H12N2O2. The van der Waals surface area contributed by atoms with Crippen LogP contribution in [0.5, 0.6) is 0 Å². The molecule has 1 rings (SSSR count). The van der Waals surface area contributed by atoms with Crippen LogP contribution in [0.3, 0.4) is 0 Å². The highest BCUT2D eigenvalue weighted by atomic mass is 16.4. The predicted molar refractivity (Wildman–Crippen MR) is 48.3 cm³/mol. The molecule has 70 valence electrons. The molecular weight excluding hydrogens is 168 g/mol. The van der Waals surface area contributed by atoms with Crippen molar-refractivity contribution in [3.05, 3.63) is 30.1 Å². The molecule has 4 heteroatoms. The van der Waals surface area contributed by atoms with E-state index in [0.29, 0.717) is 0 Å². The summed E-state index contributed by atoms with van der Waals surface area (Å²) < 4.78 is 0. The summed E-state index contributed by atoms with van der Waals surface area (Å²) >= 11 is 0. The van der Waals surface area contributed by atoms with Gasteiger partial charge < -0.3 is 10.8 Å². The van der Waals surface area contributed by atoms with Crippen LogP contribution in [-0.2, 0) is 4.79 Å². The van der Waals surface area contributed by atoms with Crippen molar-refractivity contribution in [2.24, 2.45) is 5.73 Å². The van der Waals surface area contributed by atoms with Crippen LogP contribution in [0.1, 0.15) is 18.4 Å². The van der Waals surface area contributed by atoms with Crippen LogP contribution >= 0.6 is 0 Å². The zero-order chi connectivity index (χ0) is 9.84. The van der Waals surface area contributed by atoms with E-state index in [1.54, 1.807) is 31.5 Å². The van der Waals surface area contributed by atoms with Crippen molar-refractivity contribution in [3.63, 3.8) is 0 Å². The van der Waals surface area contributed by atoms with Crippen molar-refractivity contribution in [2.75, 3.05) is 0 Å². The lowest BCUT2D eigenvalue weighted by Gasteiger charge is -2.15. The molecule has 0 aliphatic rings. The molecule has 2 atom stereocenters. The SMILES string of the molecule is C[C@@H](c1ccncc1)[C@H](N)C(=O)O. The normalized spacial score (nSPS) is 14.9. The van der Waals surface area contributed by atoms with Crippen LogP contribution in [0.2, 0.25) is 0 Å². The maximum atomic E-state index is 10.6. The van der Waals surface area contributed by atoms with Crippen molar-refractivity contribution >= 4 is 5.97 Å². The molecule has 0 unspecified atom stereocenters. The summed E-state index contributed by atoms with van der Waals surface area (Å²) in [6, 6.07) is 2.68. The zero-order valence-electron chi connectivity index (χ0n) is 7.34. The van der Waals surface area contributed by atoms with E-state index in [1.165, 1.54) is 0 Å². The average Bonchev–Trinajstić information content (AvgIpc) is 2.17. The van der Waals surface area contributed by atoms with Gasteiger partial charge in [-0.2, -0.15) is 0 Å². The van der Waals surface area contributed by atoms with E-state index >= 15 is 0 Å². The zero-order valence-corrected chi connectivity index (χ0v) is 7.34. The highest BCUT2D eigenvalue weighted by Crippen LogP contribution is 2.16. The highest BCUT2D eigenvalue weighted by Gasteiger charge is 2.20. The Morgan fingerprint density at radius 1 is 1.54 bits per heavy atom. The number of aliphatic carboxylic acids is 1. The van der Waals surface area contributed by atoms with Gasteiger partial charge in [-0.25, -0.2) is 0 Å². The molecule has 0 aromatic carbocycles. The largest absolute Gasteiger partial charge is 0.480 e. The number of carboxylic acids is 1. The van der Waals surface area contributed by atoms with Crippen molar-refractivity contribution in [2.45, 2.75) is 18.9 Å². The van der Waals surface area contributed by atoms with Gasteiger partial charge in [0.05, 0.1) is 0 Å². The van der Waals surface area contributed by atoms with E-state index in [4.69, 9.17) is 10.8 Å². The third-order valence-electron chi connectivity index (χ3n) is 2.06. The summed E-state index contributed by atoms with van der Waals surface area (Å²) in [5.74, 6) is -1.18. The van der Waals surface area contributed by atoms with E-state index in [0.717, 1.165) is 5.56 Å². The number of nitrogens with two attached hydrogens (primary N) is 1. The second-order valence-electron chi connectivity index (χ2n) is 2.93. The fourth-order valence-corrected chi connectivity index (χ4v) is 1.09. The molecule has 0 fully saturated rings. The first-order valence-electron chi connectivity index (χ1n) is 4.01. The lowest BCUT2D eigenvalue weighted by atomic mass is 9.95. The van der Waals surface area contributed by atoms with E-state index in [2.05, 4.69) is 4.98 Å². The number of pyridine rings is 1. The first kappa shape index (κ1) is 9.67. The van der Waals surface area contributed by atoms with E-state index in [-0.39, 0.29) is 5.92 Å². The third-order valence-corrected chi connectivity index (χ3v) is 2.06. The van der Waals surface area contributed by atoms with Gasteiger partial charge >= 0.3 is 5.97 Å². The molecule has 0 bridgehead atoms. The molecule has 0 amide bonds. The van der Waals surface area contributed by atoms with Crippen LogP contribution in [0.25, 0.3) is 0 Å². The van der Waals surface area contributed by atoms with Gasteiger partial charge in [0.25, 0.3) is 0 Å². The fourth-order valence-electron chi connectivity index (χ4n) is 1.09. The summed E-state index contributed by atoms with van der Waals surface area (Å²) in [5.41, 5.74) is 6.37. The molecule has 1 aromatic heterocycles. The molecule has 0 spiro atoms. The Morgan fingerprint density at radius 2 is 2.08 bits per heavy atom. The number of hydrogen-bond acceptors (Lipinski definition) is 3. The van der Waals surface area contributed by atoms with E-state index in [1.807, 2.05) is 0 Å². The van der Waals surface area contributed by atoms with Crippen molar-refractivity contribution in [1.29, 1.82) is 0 Å². The van der Waals surface area contributed by atoms with Crippen LogP contribution < -0.4 is 5.73 Å². The Hall–Kier alpha value is -1.42. The van der Waals surface area contributed by atoms with Crippen LogP contribution in [0.4, 0.5) is 0 Å². The molecule has 0 radical (unpaired) electrons. The van der Waals surface area contributed by atoms with Gasteiger partial charge in [-0.1, -0.05) is 6.92 Å². The van der Waals surface area contributed by atoms with Gasteiger partial charge in [0.2, 0.25) is 0 Å². The average molecular weight is 180 g/mol. The maximum Gasteiger partial charge on any atom is 0.321 e. The molecule has 3 N–H and O–H groups in total. The number of carbonyl (C=O) groups is 1. The number of aromatic nitrogens is 1. The molecule has 1 aromatic rings. The minimum Gasteiger partial charge on any atom is -0.480 e. The van der Waals surface area contributed by atoms with Crippen molar-refractivity contribution in [1.82, 2.24) is 4.98 Å². The topological polar surface area (TPSA) is 76.2 Å². The van der Waals surface area contributed by atoms with Gasteiger partial charge in [-0.05, 0) is 17.7 Å². The first-order valence-corrected chi connectivity index (χ1v) is 4.01. The summed E-state index contributed by atoms with van der Waals surface area (Å²) in [4.78, 5) is 14.4. The minimum atomic E-state index is -0.982. The maximum absolute atomic E-state index is 10.6. The second-order valence-corrected chi connectivity index (χ2v) is 2.93.